The van der Waals surface area contributed by atoms with Crippen molar-refractivity contribution in [1.82, 2.24) is 9.78 Å². The van der Waals surface area contributed by atoms with Crippen molar-refractivity contribution in [2.24, 2.45) is 0 Å². The van der Waals surface area contributed by atoms with Crippen molar-refractivity contribution in [1.29, 1.82) is 0 Å². The van der Waals surface area contributed by atoms with Crippen LogP contribution in [0.4, 0.5) is 11.4 Å². The van der Waals surface area contributed by atoms with Crippen LogP contribution in [0.3, 0.4) is 0 Å². The predicted molar refractivity (Wildman–Crippen MR) is 109 cm³/mol. The Morgan fingerprint density at radius 2 is 1.93 bits per heavy atom. The largest absolute Gasteiger partial charge is 0.322 e. The van der Waals surface area contributed by atoms with E-state index in [4.69, 9.17) is 11.6 Å². The normalized spacial score (nSPS) is 13.8. The molecule has 0 atom stereocenters. The standard InChI is InChI=1S/C21H19ClN4O2/c1-14-19(13-23-26(14)18-5-2-4-15(22)12-18)21(28)24-16-7-9-17(10-8-16)25-11-3-6-20(25)27/h2,4-5,7-10,12-13H,3,6,11H2,1H3,(H,24,28). The van der Waals surface area contributed by atoms with Gasteiger partial charge in [-0.05, 0) is 55.8 Å². The monoisotopic (exact) mass is 394 g/mol. The molecular weight excluding hydrogens is 376 g/mol. The molecule has 0 saturated carbocycles. The number of hydrogen-bond acceptors (Lipinski definition) is 3. The average Bonchev–Trinajstić information content (AvgIpc) is 3.28. The van der Waals surface area contributed by atoms with Gasteiger partial charge in [0.05, 0.1) is 23.1 Å². The van der Waals surface area contributed by atoms with E-state index >= 15 is 0 Å². The molecule has 28 heavy (non-hydrogen) atoms. The van der Waals surface area contributed by atoms with Crippen molar-refractivity contribution >= 4 is 34.8 Å². The minimum Gasteiger partial charge on any atom is -0.322 e. The Morgan fingerprint density at radius 1 is 1.14 bits per heavy atom. The minimum atomic E-state index is -0.240. The van der Waals surface area contributed by atoms with Gasteiger partial charge in [0.2, 0.25) is 5.91 Å². The lowest BCUT2D eigenvalue weighted by atomic mass is 10.2. The quantitative estimate of drug-likeness (QED) is 0.720. The molecule has 7 heteroatoms. The summed E-state index contributed by atoms with van der Waals surface area (Å²) >= 11 is 6.05. The molecule has 3 aromatic rings. The Morgan fingerprint density at radius 3 is 2.61 bits per heavy atom. The molecule has 1 fully saturated rings. The highest BCUT2D eigenvalue weighted by atomic mass is 35.5. The Balaban J connectivity index is 1.50. The SMILES string of the molecule is Cc1c(C(=O)Nc2ccc(N3CCCC3=O)cc2)cnn1-c1cccc(Cl)c1. The summed E-state index contributed by atoms with van der Waals surface area (Å²) in [7, 11) is 0. The number of amides is 2. The molecule has 1 N–H and O–H groups in total. The number of benzene rings is 2. The summed E-state index contributed by atoms with van der Waals surface area (Å²) in [6.45, 7) is 2.58. The van der Waals surface area contributed by atoms with Gasteiger partial charge in [-0.3, -0.25) is 9.59 Å². The molecule has 6 nitrogen and oxygen atoms in total. The maximum atomic E-state index is 12.7. The molecule has 1 aromatic heterocycles. The number of hydrogen-bond donors (Lipinski definition) is 1. The molecule has 1 aliphatic heterocycles. The first kappa shape index (κ1) is 18.3. The van der Waals surface area contributed by atoms with E-state index < -0.39 is 0 Å². The number of nitrogens with one attached hydrogen (secondary N) is 1. The van der Waals surface area contributed by atoms with Crippen molar-refractivity contribution in [2.45, 2.75) is 19.8 Å². The van der Waals surface area contributed by atoms with Crippen molar-refractivity contribution < 1.29 is 9.59 Å². The number of carbonyl (C=O) groups is 2. The van der Waals surface area contributed by atoms with E-state index in [1.165, 1.54) is 0 Å². The summed E-state index contributed by atoms with van der Waals surface area (Å²) < 4.78 is 1.68. The van der Waals surface area contributed by atoms with Crippen LogP contribution in [-0.2, 0) is 4.79 Å². The molecule has 2 heterocycles. The Kier molecular flexibility index (Phi) is 4.88. The fourth-order valence-corrected chi connectivity index (χ4v) is 3.53. The smallest absolute Gasteiger partial charge is 0.259 e. The highest BCUT2D eigenvalue weighted by molar-refractivity contribution is 6.30. The molecule has 0 bridgehead atoms. The molecule has 2 amide bonds. The van der Waals surface area contributed by atoms with E-state index in [0.717, 1.165) is 30.0 Å². The van der Waals surface area contributed by atoms with Gasteiger partial charge in [0.15, 0.2) is 0 Å². The van der Waals surface area contributed by atoms with Gasteiger partial charge in [0.25, 0.3) is 5.91 Å². The zero-order valence-corrected chi connectivity index (χ0v) is 16.1. The number of halogens is 1. The molecule has 2 aromatic carbocycles. The lowest BCUT2D eigenvalue weighted by Gasteiger charge is -2.16. The van der Waals surface area contributed by atoms with E-state index in [9.17, 15) is 9.59 Å². The molecule has 4 rings (SSSR count). The van der Waals surface area contributed by atoms with E-state index in [1.807, 2.05) is 31.2 Å². The summed E-state index contributed by atoms with van der Waals surface area (Å²) in [6, 6.07) is 14.6. The van der Waals surface area contributed by atoms with Gasteiger partial charge < -0.3 is 10.2 Å². The van der Waals surface area contributed by atoms with Gasteiger partial charge in [-0.2, -0.15) is 5.10 Å². The van der Waals surface area contributed by atoms with Crippen LogP contribution < -0.4 is 10.2 Å². The van der Waals surface area contributed by atoms with E-state index in [0.29, 0.717) is 22.7 Å². The zero-order valence-electron chi connectivity index (χ0n) is 15.4. The van der Waals surface area contributed by atoms with Crippen LogP contribution in [0.15, 0.2) is 54.7 Å². The predicted octanol–water partition coefficient (Wildman–Crippen LogP) is 4.21. The molecule has 1 aliphatic rings. The van der Waals surface area contributed by atoms with Crippen LogP contribution in [0, 0.1) is 6.92 Å². The molecular formula is C21H19ClN4O2. The molecule has 142 valence electrons. The number of aromatic nitrogens is 2. The number of carbonyl (C=O) groups excluding carboxylic acids is 2. The third kappa shape index (κ3) is 3.51. The molecule has 0 radical (unpaired) electrons. The van der Waals surface area contributed by atoms with Crippen molar-refractivity contribution in [3.8, 4) is 5.69 Å². The van der Waals surface area contributed by atoms with Gasteiger partial charge in [-0.25, -0.2) is 4.68 Å². The van der Waals surface area contributed by atoms with Crippen LogP contribution in [0.1, 0.15) is 28.9 Å². The summed E-state index contributed by atoms with van der Waals surface area (Å²) in [5, 5.41) is 7.81. The summed E-state index contributed by atoms with van der Waals surface area (Å²) in [6.07, 6.45) is 3.02. The van der Waals surface area contributed by atoms with Crippen LogP contribution in [0.5, 0.6) is 0 Å². The van der Waals surface area contributed by atoms with Crippen molar-refractivity contribution in [3.63, 3.8) is 0 Å². The number of rotatable bonds is 4. The zero-order chi connectivity index (χ0) is 19.7. The third-order valence-corrected chi connectivity index (χ3v) is 5.05. The van der Waals surface area contributed by atoms with Gasteiger partial charge in [0.1, 0.15) is 0 Å². The maximum absolute atomic E-state index is 12.7. The lowest BCUT2D eigenvalue weighted by Crippen LogP contribution is -2.23. The first-order valence-corrected chi connectivity index (χ1v) is 9.43. The fourth-order valence-electron chi connectivity index (χ4n) is 3.34. The Labute approximate surface area is 167 Å². The first-order chi connectivity index (χ1) is 13.5. The average molecular weight is 395 g/mol. The molecule has 0 aliphatic carbocycles. The van der Waals surface area contributed by atoms with Crippen molar-refractivity contribution in [3.05, 3.63) is 71.0 Å². The number of anilines is 2. The highest BCUT2D eigenvalue weighted by Crippen LogP contribution is 2.24. The topological polar surface area (TPSA) is 67.2 Å². The second-order valence-electron chi connectivity index (χ2n) is 6.69. The van der Waals surface area contributed by atoms with Gasteiger partial charge in [-0.15, -0.1) is 0 Å². The Hall–Kier alpha value is -3.12. The summed E-state index contributed by atoms with van der Waals surface area (Å²) in [5.41, 5.74) is 3.52. The van der Waals surface area contributed by atoms with Crippen molar-refractivity contribution in [2.75, 3.05) is 16.8 Å². The Bertz CT molecular complexity index is 1040. The van der Waals surface area contributed by atoms with Crippen LogP contribution in [0.25, 0.3) is 5.69 Å². The maximum Gasteiger partial charge on any atom is 0.259 e. The van der Waals surface area contributed by atoms with E-state index in [1.54, 1.807) is 40.0 Å². The molecule has 1 saturated heterocycles. The summed E-state index contributed by atoms with van der Waals surface area (Å²) in [5.74, 6) is -0.100. The highest BCUT2D eigenvalue weighted by Gasteiger charge is 2.21. The third-order valence-electron chi connectivity index (χ3n) is 4.82. The molecule has 0 unspecified atom stereocenters. The first-order valence-electron chi connectivity index (χ1n) is 9.05. The van der Waals surface area contributed by atoms with E-state index in [-0.39, 0.29) is 11.8 Å². The minimum absolute atomic E-state index is 0.140. The number of nitrogens with zero attached hydrogens (tertiary/aromatic N) is 3. The fraction of sp³-hybridized carbons (Fsp3) is 0.190. The summed E-state index contributed by atoms with van der Waals surface area (Å²) in [4.78, 5) is 26.3. The second kappa shape index (κ2) is 7.48. The van der Waals surface area contributed by atoms with Crippen LogP contribution >= 0.6 is 11.6 Å². The van der Waals surface area contributed by atoms with Crippen LogP contribution in [-0.4, -0.2) is 28.1 Å². The van der Waals surface area contributed by atoms with Gasteiger partial charge in [-0.1, -0.05) is 17.7 Å². The van der Waals surface area contributed by atoms with E-state index in [2.05, 4.69) is 10.4 Å². The van der Waals surface area contributed by atoms with Crippen LogP contribution in [0.2, 0.25) is 5.02 Å². The second-order valence-corrected chi connectivity index (χ2v) is 7.12. The van der Waals surface area contributed by atoms with Gasteiger partial charge >= 0.3 is 0 Å². The molecule has 0 spiro atoms. The van der Waals surface area contributed by atoms with Gasteiger partial charge in [0, 0.05) is 29.4 Å². The lowest BCUT2D eigenvalue weighted by molar-refractivity contribution is -0.117.